The fourth-order valence-electron chi connectivity index (χ4n) is 3.00. The lowest BCUT2D eigenvalue weighted by Gasteiger charge is -2.13. The molecule has 136 valence electrons. The average molecular weight is 363 g/mol. The van der Waals surface area contributed by atoms with Crippen molar-refractivity contribution in [2.45, 2.75) is 18.9 Å². The summed E-state index contributed by atoms with van der Waals surface area (Å²) in [7, 11) is 0. The summed E-state index contributed by atoms with van der Waals surface area (Å²) in [5.74, 6) is -0.627. The molecule has 3 amide bonds. The number of para-hydroxylation sites is 3. The Kier molecular flexibility index (Phi) is 4.29. The highest BCUT2D eigenvalue weighted by molar-refractivity contribution is 6.10. The molecule has 1 aliphatic heterocycles. The van der Waals surface area contributed by atoms with Crippen LogP contribution in [-0.2, 0) is 9.59 Å². The summed E-state index contributed by atoms with van der Waals surface area (Å²) < 4.78 is 0. The molecule has 4 N–H and O–H groups in total. The summed E-state index contributed by atoms with van der Waals surface area (Å²) in [5.41, 5.74) is 2.44. The molecule has 0 saturated carbocycles. The summed E-state index contributed by atoms with van der Waals surface area (Å²) in [6.45, 7) is 0. The number of aromatic amines is 1. The second-order valence-corrected chi connectivity index (χ2v) is 6.25. The van der Waals surface area contributed by atoms with Gasteiger partial charge in [0.15, 0.2) is 0 Å². The monoisotopic (exact) mass is 363 g/mol. The minimum absolute atomic E-state index is 0.0613. The van der Waals surface area contributed by atoms with Gasteiger partial charge in [-0.1, -0.05) is 24.3 Å². The summed E-state index contributed by atoms with van der Waals surface area (Å²) in [4.78, 5) is 44.1. The van der Waals surface area contributed by atoms with Crippen molar-refractivity contribution in [2.75, 3.05) is 10.6 Å². The Morgan fingerprint density at radius 1 is 1.07 bits per heavy atom. The molecule has 0 unspecified atom stereocenters. The van der Waals surface area contributed by atoms with Crippen molar-refractivity contribution < 1.29 is 14.4 Å². The number of nitrogens with one attached hydrogen (secondary N) is 4. The van der Waals surface area contributed by atoms with Gasteiger partial charge in [0.1, 0.15) is 6.04 Å². The Bertz CT molecular complexity index is 1010. The molecule has 0 aliphatic carbocycles. The Morgan fingerprint density at radius 3 is 2.70 bits per heavy atom. The normalized spacial score (nSPS) is 16.2. The predicted molar refractivity (Wildman–Crippen MR) is 100 cm³/mol. The van der Waals surface area contributed by atoms with Crippen LogP contribution in [-0.4, -0.2) is 33.7 Å². The first-order valence-corrected chi connectivity index (χ1v) is 8.55. The number of amides is 3. The third-order valence-electron chi connectivity index (χ3n) is 4.36. The van der Waals surface area contributed by atoms with Gasteiger partial charge >= 0.3 is 0 Å². The first-order chi connectivity index (χ1) is 13.1. The highest BCUT2D eigenvalue weighted by Gasteiger charge is 2.27. The fraction of sp³-hybridized carbons (Fsp3) is 0.158. The minimum atomic E-state index is -0.786. The van der Waals surface area contributed by atoms with E-state index < -0.39 is 6.04 Å². The number of H-pyrrole nitrogens is 1. The van der Waals surface area contributed by atoms with Gasteiger partial charge in [-0.3, -0.25) is 19.7 Å². The highest BCUT2D eigenvalue weighted by atomic mass is 16.2. The summed E-state index contributed by atoms with van der Waals surface area (Å²) in [6, 6.07) is 13.4. The smallest absolute Gasteiger partial charge is 0.254 e. The SMILES string of the molecule is O=C(CC[C@@H]1NC(=O)c2ccccc2NC1=O)Nc1nc2ccccc2[nH]1. The number of fused-ring (bicyclic) bond motifs is 2. The van der Waals surface area contributed by atoms with Gasteiger partial charge in [-0.25, -0.2) is 4.98 Å². The third-order valence-corrected chi connectivity index (χ3v) is 4.36. The maximum atomic E-state index is 12.3. The van der Waals surface area contributed by atoms with Crippen molar-refractivity contribution in [2.24, 2.45) is 0 Å². The summed E-state index contributed by atoms with van der Waals surface area (Å²) >= 11 is 0. The molecule has 0 bridgehead atoms. The van der Waals surface area contributed by atoms with Crippen LogP contribution in [0.1, 0.15) is 23.2 Å². The molecule has 1 atom stereocenters. The number of benzene rings is 2. The van der Waals surface area contributed by atoms with E-state index in [9.17, 15) is 14.4 Å². The number of hydrogen-bond acceptors (Lipinski definition) is 4. The van der Waals surface area contributed by atoms with Crippen LogP contribution in [0.3, 0.4) is 0 Å². The number of anilines is 2. The molecule has 0 saturated heterocycles. The number of imidazole rings is 1. The standard InChI is InChI=1S/C19H17N5O3/c25-16(24-19-22-13-7-3-4-8-14(13)23-19)10-9-15-18(27)20-12-6-2-1-5-11(12)17(26)21-15/h1-8,15H,9-10H2,(H,20,27)(H,21,26)(H2,22,23,24,25)/t15-/m0/s1. The van der Waals surface area contributed by atoms with E-state index in [2.05, 4.69) is 25.9 Å². The Hall–Kier alpha value is -3.68. The zero-order chi connectivity index (χ0) is 18.8. The Morgan fingerprint density at radius 2 is 1.85 bits per heavy atom. The highest BCUT2D eigenvalue weighted by Crippen LogP contribution is 2.19. The van der Waals surface area contributed by atoms with Gasteiger partial charge in [0.25, 0.3) is 5.91 Å². The van der Waals surface area contributed by atoms with E-state index in [1.165, 1.54) is 0 Å². The molecule has 4 rings (SSSR count). The van der Waals surface area contributed by atoms with Crippen molar-refractivity contribution in [3.8, 4) is 0 Å². The van der Waals surface area contributed by atoms with Gasteiger partial charge in [-0.2, -0.15) is 0 Å². The van der Waals surface area contributed by atoms with E-state index in [0.717, 1.165) is 11.0 Å². The van der Waals surface area contributed by atoms with Crippen molar-refractivity contribution in [1.29, 1.82) is 0 Å². The zero-order valence-electron chi connectivity index (χ0n) is 14.3. The number of carbonyl (C=O) groups is 3. The Labute approximate surface area is 154 Å². The molecule has 1 aliphatic rings. The molecule has 1 aromatic heterocycles. The van der Waals surface area contributed by atoms with Crippen LogP contribution in [0, 0.1) is 0 Å². The topological polar surface area (TPSA) is 116 Å². The maximum absolute atomic E-state index is 12.3. The summed E-state index contributed by atoms with van der Waals surface area (Å²) in [6.07, 6.45) is 0.239. The predicted octanol–water partition coefficient (Wildman–Crippen LogP) is 2.03. The second kappa shape index (κ2) is 6.91. The quantitative estimate of drug-likeness (QED) is 0.567. The van der Waals surface area contributed by atoms with E-state index in [0.29, 0.717) is 17.2 Å². The van der Waals surface area contributed by atoms with Gasteiger partial charge in [0, 0.05) is 6.42 Å². The Balaban J connectivity index is 1.38. The molecule has 27 heavy (non-hydrogen) atoms. The lowest BCUT2D eigenvalue weighted by molar-refractivity contribution is -0.118. The largest absolute Gasteiger partial charge is 0.340 e. The first-order valence-electron chi connectivity index (χ1n) is 8.55. The van der Waals surface area contributed by atoms with E-state index in [1.807, 2.05) is 24.3 Å². The van der Waals surface area contributed by atoms with E-state index in [-0.39, 0.29) is 30.6 Å². The second-order valence-electron chi connectivity index (χ2n) is 6.25. The number of hydrogen-bond donors (Lipinski definition) is 4. The van der Waals surface area contributed by atoms with Gasteiger partial charge in [0.05, 0.1) is 22.3 Å². The van der Waals surface area contributed by atoms with Crippen LogP contribution in [0.5, 0.6) is 0 Å². The van der Waals surface area contributed by atoms with Crippen molar-refractivity contribution in [3.63, 3.8) is 0 Å². The zero-order valence-corrected chi connectivity index (χ0v) is 14.3. The van der Waals surface area contributed by atoms with Crippen molar-refractivity contribution in [3.05, 3.63) is 54.1 Å². The van der Waals surface area contributed by atoms with Gasteiger partial charge in [-0.15, -0.1) is 0 Å². The number of rotatable bonds is 4. The van der Waals surface area contributed by atoms with Crippen LogP contribution >= 0.6 is 0 Å². The molecule has 2 aromatic carbocycles. The maximum Gasteiger partial charge on any atom is 0.254 e. The fourth-order valence-corrected chi connectivity index (χ4v) is 3.00. The van der Waals surface area contributed by atoms with E-state index in [4.69, 9.17) is 0 Å². The minimum Gasteiger partial charge on any atom is -0.340 e. The average Bonchev–Trinajstić information content (AvgIpc) is 3.02. The van der Waals surface area contributed by atoms with E-state index >= 15 is 0 Å². The summed E-state index contributed by atoms with van der Waals surface area (Å²) in [5, 5.41) is 8.07. The molecule has 2 heterocycles. The number of aromatic nitrogens is 2. The van der Waals surface area contributed by atoms with Crippen molar-refractivity contribution in [1.82, 2.24) is 15.3 Å². The van der Waals surface area contributed by atoms with Crippen LogP contribution in [0.2, 0.25) is 0 Å². The van der Waals surface area contributed by atoms with Gasteiger partial charge in [0.2, 0.25) is 17.8 Å². The van der Waals surface area contributed by atoms with Crippen LogP contribution in [0.25, 0.3) is 11.0 Å². The molecule has 0 fully saturated rings. The molecular weight excluding hydrogens is 346 g/mol. The molecule has 0 radical (unpaired) electrons. The molecule has 0 spiro atoms. The molecule has 3 aromatic rings. The number of carbonyl (C=O) groups excluding carboxylic acids is 3. The lowest BCUT2D eigenvalue weighted by atomic mass is 10.1. The first kappa shape index (κ1) is 16.8. The van der Waals surface area contributed by atoms with Crippen LogP contribution in [0.4, 0.5) is 11.6 Å². The van der Waals surface area contributed by atoms with Crippen LogP contribution in [0.15, 0.2) is 48.5 Å². The molecular formula is C19H17N5O3. The van der Waals surface area contributed by atoms with E-state index in [1.54, 1.807) is 24.3 Å². The molecule has 8 nitrogen and oxygen atoms in total. The van der Waals surface area contributed by atoms with Crippen molar-refractivity contribution >= 4 is 40.4 Å². The van der Waals surface area contributed by atoms with Crippen LogP contribution < -0.4 is 16.0 Å². The third kappa shape index (κ3) is 3.50. The van der Waals surface area contributed by atoms with Gasteiger partial charge in [-0.05, 0) is 30.7 Å². The number of nitrogens with zero attached hydrogens (tertiary/aromatic N) is 1. The van der Waals surface area contributed by atoms with Gasteiger partial charge < -0.3 is 15.6 Å². The molecule has 8 heteroatoms. The lowest BCUT2D eigenvalue weighted by Crippen LogP contribution is -2.41.